The van der Waals surface area contributed by atoms with Crippen molar-refractivity contribution in [1.29, 1.82) is 0 Å². The molecule has 1 N–H and O–H groups in total. The Morgan fingerprint density at radius 2 is 2.20 bits per heavy atom. The van der Waals surface area contributed by atoms with Crippen LogP contribution in [0.1, 0.15) is 18.9 Å². The van der Waals surface area contributed by atoms with E-state index in [0.717, 1.165) is 17.7 Å². The predicted octanol–water partition coefficient (Wildman–Crippen LogP) is 2.72. The third kappa shape index (κ3) is 2.09. The summed E-state index contributed by atoms with van der Waals surface area (Å²) in [6, 6.07) is 5.43. The van der Waals surface area contributed by atoms with Gasteiger partial charge in [-0.2, -0.15) is 0 Å². The number of hydrogen-bond donors (Lipinski definition) is 1. The summed E-state index contributed by atoms with van der Waals surface area (Å²) in [6.07, 6.45) is 1.15. The number of nitro groups is 1. The highest BCUT2D eigenvalue weighted by Crippen LogP contribution is 2.34. The zero-order valence-corrected chi connectivity index (χ0v) is 8.86. The minimum absolute atomic E-state index is 0.149. The van der Waals surface area contributed by atoms with Crippen molar-refractivity contribution in [1.82, 2.24) is 0 Å². The number of non-ortho nitro benzene ring substituents is 1. The molecule has 0 amide bonds. The lowest BCUT2D eigenvalue weighted by Gasteiger charge is -2.08. The first-order valence-corrected chi connectivity index (χ1v) is 5.09. The largest absolute Gasteiger partial charge is 0.382 e. The van der Waals surface area contributed by atoms with Crippen molar-refractivity contribution in [3.05, 3.63) is 33.9 Å². The van der Waals surface area contributed by atoms with Crippen LogP contribution in [0.4, 0.5) is 11.4 Å². The van der Waals surface area contributed by atoms with Gasteiger partial charge in [0.25, 0.3) is 5.69 Å². The first kappa shape index (κ1) is 9.96. The van der Waals surface area contributed by atoms with Gasteiger partial charge in [0.1, 0.15) is 0 Å². The Labute approximate surface area is 88.5 Å². The number of anilines is 1. The average Bonchev–Trinajstić information content (AvgIpc) is 2.85. The molecule has 80 valence electrons. The Kier molecular flexibility index (Phi) is 2.34. The van der Waals surface area contributed by atoms with Crippen LogP contribution in [-0.4, -0.2) is 11.0 Å². The Morgan fingerprint density at radius 1 is 1.53 bits per heavy atom. The van der Waals surface area contributed by atoms with E-state index in [0.29, 0.717) is 12.0 Å². The molecule has 1 aliphatic carbocycles. The topological polar surface area (TPSA) is 55.2 Å². The van der Waals surface area contributed by atoms with Crippen LogP contribution in [0.25, 0.3) is 0 Å². The van der Waals surface area contributed by atoms with E-state index >= 15 is 0 Å². The van der Waals surface area contributed by atoms with Crippen LogP contribution in [0.15, 0.2) is 18.2 Å². The second kappa shape index (κ2) is 3.53. The Balaban J connectivity index is 2.20. The number of hydrogen-bond acceptors (Lipinski definition) is 3. The van der Waals surface area contributed by atoms with Crippen LogP contribution in [0.5, 0.6) is 0 Å². The van der Waals surface area contributed by atoms with Crippen LogP contribution in [0, 0.1) is 23.0 Å². The highest BCUT2D eigenvalue weighted by atomic mass is 16.6. The lowest BCUT2D eigenvalue weighted by atomic mass is 10.2. The number of nitro benzene ring substituents is 1. The standard InChI is InChI=1S/C11H14N2O2/c1-7-3-4-9(13(14)15)6-11(7)12-10-5-8(10)2/h3-4,6,8,10,12H,5H2,1-2H3. The average molecular weight is 206 g/mol. The van der Waals surface area contributed by atoms with Crippen LogP contribution in [0.2, 0.25) is 0 Å². The second-order valence-corrected chi connectivity index (χ2v) is 4.22. The molecule has 1 aromatic carbocycles. The van der Waals surface area contributed by atoms with Crippen molar-refractivity contribution in [3.8, 4) is 0 Å². The maximum atomic E-state index is 10.6. The third-order valence-corrected chi connectivity index (χ3v) is 2.88. The number of rotatable bonds is 3. The van der Waals surface area contributed by atoms with Gasteiger partial charge in [0.05, 0.1) is 4.92 Å². The number of aryl methyl sites for hydroxylation is 1. The molecule has 2 rings (SSSR count). The van der Waals surface area contributed by atoms with Crippen molar-refractivity contribution >= 4 is 11.4 Å². The predicted molar refractivity (Wildman–Crippen MR) is 59.0 cm³/mol. The van der Waals surface area contributed by atoms with Gasteiger partial charge in [0.2, 0.25) is 0 Å². The van der Waals surface area contributed by atoms with E-state index < -0.39 is 0 Å². The minimum atomic E-state index is -0.360. The van der Waals surface area contributed by atoms with E-state index in [4.69, 9.17) is 0 Å². The van der Waals surface area contributed by atoms with Crippen molar-refractivity contribution in [2.75, 3.05) is 5.32 Å². The van der Waals surface area contributed by atoms with Crippen LogP contribution >= 0.6 is 0 Å². The first-order chi connectivity index (χ1) is 7.08. The lowest BCUT2D eigenvalue weighted by Crippen LogP contribution is -2.05. The summed E-state index contributed by atoms with van der Waals surface area (Å²) in [7, 11) is 0. The monoisotopic (exact) mass is 206 g/mol. The van der Waals surface area contributed by atoms with E-state index in [9.17, 15) is 10.1 Å². The molecule has 4 nitrogen and oxygen atoms in total. The van der Waals surface area contributed by atoms with Crippen LogP contribution < -0.4 is 5.32 Å². The highest BCUT2D eigenvalue weighted by molar-refractivity contribution is 5.57. The number of nitrogens with one attached hydrogen (secondary N) is 1. The lowest BCUT2D eigenvalue weighted by molar-refractivity contribution is -0.384. The molecule has 4 heteroatoms. The van der Waals surface area contributed by atoms with Crippen LogP contribution in [0.3, 0.4) is 0 Å². The molecule has 0 radical (unpaired) electrons. The SMILES string of the molecule is Cc1ccc([N+](=O)[O-])cc1NC1CC1C. The molecule has 0 aromatic heterocycles. The fraction of sp³-hybridized carbons (Fsp3) is 0.455. The zero-order chi connectivity index (χ0) is 11.0. The van der Waals surface area contributed by atoms with Gasteiger partial charge in [-0.05, 0) is 24.8 Å². The molecule has 0 aliphatic heterocycles. The smallest absolute Gasteiger partial charge is 0.271 e. The summed E-state index contributed by atoms with van der Waals surface area (Å²) in [6.45, 7) is 4.13. The molecule has 1 fully saturated rings. The molecule has 2 atom stereocenters. The van der Waals surface area contributed by atoms with Gasteiger partial charge < -0.3 is 5.32 Å². The van der Waals surface area contributed by atoms with Gasteiger partial charge in [-0.15, -0.1) is 0 Å². The summed E-state index contributed by atoms with van der Waals surface area (Å²) in [5, 5.41) is 13.9. The van der Waals surface area contributed by atoms with Gasteiger partial charge in [0.15, 0.2) is 0 Å². The fourth-order valence-electron chi connectivity index (χ4n) is 1.60. The van der Waals surface area contributed by atoms with Gasteiger partial charge in [-0.1, -0.05) is 13.0 Å². The van der Waals surface area contributed by atoms with Gasteiger partial charge in [-0.3, -0.25) is 10.1 Å². The normalized spacial score (nSPS) is 23.6. The van der Waals surface area contributed by atoms with E-state index in [1.165, 1.54) is 6.07 Å². The maximum Gasteiger partial charge on any atom is 0.271 e. The Bertz CT molecular complexity index is 404. The summed E-state index contributed by atoms with van der Waals surface area (Å²) in [4.78, 5) is 10.2. The van der Waals surface area contributed by atoms with E-state index in [2.05, 4.69) is 12.2 Å². The Hall–Kier alpha value is -1.58. The molecule has 15 heavy (non-hydrogen) atoms. The molecular weight excluding hydrogens is 192 g/mol. The van der Waals surface area contributed by atoms with Crippen molar-refractivity contribution < 1.29 is 4.92 Å². The second-order valence-electron chi connectivity index (χ2n) is 4.22. The molecule has 0 saturated heterocycles. The molecule has 1 aliphatic rings. The summed E-state index contributed by atoms with van der Waals surface area (Å²) in [5.41, 5.74) is 2.09. The molecule has 1 aromatic rings. The van der Waals surface area contributed by atoms with E-state index in [1.807, 2.05) is 6.92 Å². The van der Waals surface area contributed by atoms with Crippen molar-refractivity contribution in [2.45, 2.75) is 26.3 Å². The zero-order valence-electron chi connectivity index (χ0n) is 8.86. The van der Waals surface area contributed by atoms with Gasteiger partial charge in [0, 0.05) is 23.9 Å². The first-order valence-electron chi connectivity index (χ1n) is 5.09. The molecular formula is C11H14N2O2. The molecule has 0 heterocycles. The Morgan fingerprint density at radius 3 is 2.73 bits per heavy atom. The third-order valence-electron chi connectivity index (χ3n) is 2.88. The molecule has 0 bridgehead atoms. The van der Waals surface area contributed by atoms with Gasteiger partial charge >= 0.3 is 0 Å². The quantitative estimate of drug-likeness (QED) is 0.611. The van der Waals surface area contributed by atoms with Gasteiger partial charge in [-0.25, -0.2) is 0 Å². The van der Waals surface area contributed by atoms with Crippen LogP contribution in [-0.2, 0) is 0 Å². The summed E-state index contributed by atoms with van der Waals surface area (Å²) in [5.74, 6) is 0.684. The fourth-order valence-corrected chi connectivity index (χ4v) is 1.60. The summed E-state index contributed by atoms with van der Waals surface area (Å²) < 4.78 is 0. The van der Waals surface area contributed by atoms with E-state index in [-0.39, 0.29) is 10.6 Å². The molecule has 0 spiro atoms. The highest BCUT2D eigenvalue weighted by Gasteiger charge is 2.32. The van der Waals surface area contributed by atoms with Crippen molar-refractivity contribution in [3.63, 3.8) is 0 Å². The number of benzene rings is 1. The molecule has 2 unspecified atom stereocenters. The maximum absolute atomic E-state index is 10.6. The van der Waals surface area contributed by atoms with Crippen molar-refractivity contribution in [2.24, 2.45) is 5.92 Å². The van der Waals surface area contributed by atoms with E-state index in [1.54, 1.807) is 12.1 Å². The minimum Gasteiger partial charge on any atom is -0.382 e. The molecule has 1 saturated carbocycles. The number of nitrogens with zero attached hydrogens (tertiary/aromatic N) is 1. The summed E-state index contributed by atoms with van der Waals surface area (Å²) >= 11 is 0.